The van der Waals surface area contributed by atoms with Crippen molar-refractivity contribution in [3.05, 3.63) is 34.9 Å². The van der Waals surface area contributed by atoms with Crippen LogP contribution in [0, 0.1) is 11.8 Å². The van der Waals surface area contributed by atoms with Crippen molar-refractivity contribution in [1.82, 2.24) is 0 Å². The maximum absolute atomic E-state index is 11.5. The molecule has 0 amide bonds. The van der Waals surface area contributed by atoms with E-state index in [2.05, 4.69) is 13.8 Å². The average molecular weight is 297 g/mol. The molecule has 1 rings (SSSR count). The van der Waals surface area contributed by atoms with Crippen LogP contribution in [0.1, 0.15) is 51.5 Å². The summed E-state index contributed by atoms with van der Waals surface area (Å²) < 4.78 is 0. The van der Waals surface area contributed by atoms with E-state index in [1.165, 1.54) is 12.8 Å². The molecule has 112 valence electrons. The molecular formula is C17H25ClO2. The van der Waals surface area contributed by atoms with Crippen molar-refractivity contribution in [2.75, 3.05) is 0 Å². The summed E-state index contributed by atoms with van der Waals surface area (Å²) in [5.74, 6) is -0.546. The largest absolute Gasteiger partial charge is 0.481 e. The van der Waals surface area contributed by atoms with Gasteiger partial charge in [0.2, 0.25) is 0 Å². The average Bonchev–Trinajstić information content (AvgIpc) is 2.44. The van der Waals surface area contributed by atoms with Crippen molar-refractivity contribution in [3.63, 3.8) is 0 Å². The van der Waals surface area contributed by atoms with Gasteiger partial charge in [-0.2, -0.15) is 0 Å². The first-order chi connectivity index (χ1) is 9.58. The van der Waals surface area contributed by atoms with Crippen LogP contribution in [0.5, 0.6) is 0 Å². The molecule has 0 bridgehead atoms. The molecule has 0 saturated carbocycles. The van der Waals surface area contributed by atoms with E-state index >= 15 is 0 Å². The van der Waals surface area contributed by atoms with E-state index in [1.54, 1.807) is 0 Å². The maximum atomic E-state index is 11.5. The van der Waals surface area contributed by atoms with Crippen molar-refractivity contribution in [3.8, 4) is 0 Å². The predicted molar refractivity (Wildman–Crippen MR) is 84.2 cm³/mol. The minimum atomic E-state index is -0.708. The lowest BCUT2D eigenvalue weighted by atomic mass is 9.85. The second kappa shape index (κ2) is 9.02. The summed E-state index contributed by atoms with van der Waals surface area (Å²) in [6.45, 7) is 4.32. The van der Waals surface area contributed by atoms with Crippen molar-refractivity contribution < 1.29 is 9.90 Å². The number of hydrogen-bond acceptors (Lipinski definition) is 1. The number of carbonyl (C=O) groups is 1. The van der Waals surface area contributed by atoms with Crippen molar-refractivity contribution in [2.45, 2.75) is 52.4 Å². The summed E-state index contributed by atoms with van der Waals surface area (Å²) in [6.07, 6.45) is 5.79. The molecule has 1 aromatic rings. The van der Waals surface area contributed by atoms with Gasteiger partial charge in [0.15, 0.2) is 0 Å². The molecule has 0 aliphatic rings. The minimum Gasteiger partial charge on any atom is -0.481 e. The van der Waals surface area contributed by atoms with Gasteiger partial charge in [-0.1, -0.05) is 69.3 Å². The number of hydrogen-bond donors (Lipinski definition) is 1. The number of halogens is 1. The van der Waals surface area contributed by atoms with Gasteiger partial charge in [-0.25, -0.2) is 0 Å². The van der Waals surface area contributed by atoms with Crippen LogP contribution in [0.3, 0.4) is 0 Å². The smallest absolute Gasteiger partial charge is 0.306 e. The molecular weight excluding hydrogens is 272 g/mol. The summed E-state index contributed by atoms with van der Waals surface area (Å²) in [5, 5.41) is 10.1. The van der Waals surface area contributed by atoms with Crippen LogP contribution in [0.25, 0.3) is 0 Å². The fraction of sp³-hybridized carbons (Fsp3) is 0.588. The van der Waals surface area contributed by atoms with Gasteiger partial charge in [-0.15, -0.1) is 0 Å². The van der Waals surface area contributed by atoms with Crippen LogP contribution in [-0.4, -0.2) is 11.1 Å². The molecule has 1 aromatic carbocycles. The first kappa shape index (κ1) is 17.0. The fourth-order valence-corrected chi connectivity index (χ4v) is 2.80. The third-order valence-electron chi connectivity index (χ3n) is 3.93. The van der Waals surface area contributed by atoms with Crippen LogP contribution >= 0.6 is 11.6 Å². The molecule has 0 saturated heterocycles. The summed E-state index contributed by atoms with van der Waals surface area (Å²) in [7, 11) is 0. The van der Waals surface area contributed by atoms with Crippen LogP contribution in [0.4, 0.5) is 0 Å². The molecule has 0 radical (unpaired) electrons. The van der Waals surface area contributed by atoms with E-state index in [4.69, 9.17) is 11.6 Å². The lowest BCUT2D eigenvalue weighted by molar-refractivity contribution is -0.142. The van der Waals surface area contributed by atoms with Gasteiger partial charge >= 0.3 is 5.97 Å². The van der Waals surface area contributed by atoms with Gasteiger partial charge in [0, 0.05) is 5.02 Å². The highest BCUT2D eigenvalue weighted by atomic mass is 35.5. The topological polar surface area (TPSA) is 37.3 Å². The zero-order chi connectivity index (χ0) is 15.0. The number of benzene rings is 1. The zero-order valence-electron chi connectivity index (χ0n) is 12.4. The minimum absolute atomic E-state index is 0.336. The highest BCUT2D eigenvalue weighted by Gasteiger charge is 2.22. The van der Waals surface area contributed by atoms with E-state index in [1.807, 2.05) is 24.3 Å². The van der Waals surface area contributed by atoms with E-state index in [0.29, 0.717) is 17.4 Å². The van der Waals surface area contributed by atoms with E-state index in [0.717, 1.165) is 24.8 Å². The second-order valence-electron chi connectivity index (χ2n) is 5.48. The summed E-state index contributed by atoms with van der Waals surface area (Å²) in [5.41, 5.74) is 0.937. The molecule has 3 heteroatoms. The standard InChI is InChI=1S/C17H25ClO2/c1-3-5-8-13(4-2)11-15(17(19)20)12-14-9-6-7-10-16(14)18/h6-7,9-10,13,15H,3-5,8,11-12H2,1-2H3,(H,19,20). The Morgan fingerprint density at radius 2 is 2.00 bits per heavy atom. The second-order valence-corrected chi connectivity index (χ2v) is 5.89. The summed E-state index contributed by atoms with van der Waals surface area (Å²) in [6, 6.07) is 7.53. The summed E-state index contributed by atoms with van der Waals surface area (Å²) in [4.78, 5) is 11.5. The Morgan fingerprint density at radius 1 is 1.30 bits per heavy atom. The maximum Gasteiger partial charge on any atom is 0.306 e. The molecule has 0 aliphatic carbocycles. The van der Waals surface area contributed by atoms with Gasteiger partial charge in [0.25, 0.3) is 0 Å². The van der Waals surface area contributed by atoms with Crippen LogP contribution in [0.2, 0.25) is 5.02 Å². The molecule has 0 heterocycles. The highest BCUT2D eigenvalue weighted by molar-refractivity contribution is 6.31. The Hall–Kier alpha value is -1.02. The van der Waals surface area contributed by atoms with Crippen molar-refractivity contribution >= 4 is 17.6 Å². The van der Waals surface area contributed by atoms with Gasteiger partial charge in [-0.05, 0) is 30.4 Å². The van der Waals surface area contributed by atoms with Crippen LogP contribution in [-0.2, 0) is 11.2 Å². The Labute approximate surface area is 127 Å². The van der Waals surface area contributed by atoms with Gasteiger partial charge < -0.3 is 5.11 Å². The third-order valence-corrected chi connectivity index (χ3v) is 4.30. The van der Waals surface area contributed by atoms with Crippen LogP contribution < -0.4 is 0 Å². The lowest BCUT2D eigenvalue weighted by Crippen LogP contribution is -2.20. The molecule has 0 aromatic heterocycles. The third kappa shape index (κ3) is 5.54. The molecule has 0 aliphatic heterocycles. The zero-order valence-corrected chi connectivity index (χ0v) is 13.2. The SMILES string of the molecule is CCCCC(CC)CC(Cc1ccccc1Cl)C(=O)O. The van der Waals surface area contributed by atoms with Crippen LogP contribution in [0.15, 0.2) is 24.3 Å². The first-order valence-electron chi connectivity index (χ1n) is 7.54. The molecule has 2 atom stereocenters. The number of carboxylic acid groups (broad SMARTS) is 1. The lowest BCUT2D eigenvalue weighted by Gasteiger charge is -2.20. The van der Waals surface area contributed by atoms with E-state index < -0.39 is 5.97 Å². The van der Waals surface area contributed by atoms with Gasteiger partial charge in [0.05, 0.1) is 5.92 Å². The summed E-state index contributed by atoms with van der Waals surface area (Å²) >= 11 is 6.13. The Balaban J connectivity index is 2.69. The predicted octanol–water partition coefficient (Wildman–Crippen LogP) is 5.19. The quantitative estimate of drug-likeness (QED) is 0.681. The molecule has 0 fully saturated rings. The molecule has 0 spiro atoms. The number of rotatable bonds is 9. The Morgan fingerprint density at radius 3 is 2.55 bits per heavy atom. The molecule has 20 heavy (non-hydrogen) atoms. The van der Waals surface area contributed by atoms with Crippen molar-refractivity contribution in [1.29, 1.82) is 0 Å². The van der Waals surface area contributed by atoms with Gasteiger partial charge in [-0.3, -0.25) is 4.79 Å². The highest BCUT2D eigenvalue weighted by Crippen LogP contribution is 2.26. The molecule has 2 nitrogen and oxygen atoms in total. The normalized spacial score (nSPS) is 13.9. The van der Waals surface area contributed by atoms with E-state index in [-0.39, 0.29) is 5.92 Å². The number of unbranched alkanes of at least 4 members (excludes halogenated alkanes) is 1. The van der Waals surface area contributed by atoms with Crippen molar-refractivity contribution in [2.24, 2.45) is 11.8 Å². The molecule has 2 unspecified atom stereocenters. The first-order valence-corrected chi connectivity index (χ1v) is 7.92. The number of aliphatic carboxylic acids is 1. The van der Waals surface area contributed by atoms with Gasteiger partial charge in [0.1, 0.15) is 0 Å². The fourth-order valence-electron chi connectivity index (χ4n) is 2.58. The Kier molecular flexibility index (Phi) is 7.68. The Bertz CT molecular complexity index is 417. The monoisotopic (exact) mass is 296 g/mol. The van der Waals surface area contributed by atoms with E-state index in [9.17, 15) is 9.90 Å². The molecule has 1 N–H and O–H groups in total. The number of carboxylic acids is 1.